The minimum atomic E-state index is -1.05. The fourth-order valence-electron chi connectivity index (χ4n) is 4.22. The van der Waals surface area contributed by atoms with Crippen molar-refractivity contribution in [1.29, 1.82) is 0 Å². The molecule has 5 aromatic carbocycles. The Balaban J connectivity index is 1.56. The van der Waals surface area contributed by atoms with Gasteiger partial charge < -0.3 is 10.4 Å². The highest BCUT2D eigenvalue weighted by Crippen LogP contribution is 2.36. The van der Waals surface area contributed by atoms with Crippen LogP contribution in [-0.4, -0.2) is 23.0 Å². The molecule has 0 aliphatic heterocycles. The summed E-state index contributed by atoms with van der Waals surface area (Å²) in [6.45, 7) is 0. The number of carbonyl (C=O) groups is 2. The zero-order valence-electron chi connectivity index (χ0n) is 16.1. The average Bonchev–Trinajstić information content (AvgIpc) is 2.78. The molecule has 0 fully saturated rings. The van der Waals surface area contributed by atoms with Gasteiger partial charge in [-0.3, -0.25) is 4.79 Å². The number of amides is 1. The van der Waals surface area contributed by atoms with Crippen LogP contribution in [0.5, 0.6) is 0 Å². The topological polar surface area (TPSA) is 66.4 Å². The molecule has 4 nitrogen and oxygen atoms in total. The number of nitrogens with one attached hydrogen (secondary N) is 1. The smallest absolute Gasteiger partial charge is 0.326 e. The van der Waals surface area contributed by atoms with Crippen molar-refractivity contribution in [2.24, 2.45) is 0 Å². The Labute approximate surface area is 173 Å². The molecule has 0 aliphatic rings. The predicted molar refractivity (Wildman–Crippen MR) is 119 cm³/mol. The van der Waals surface area contributed by atoms with Gasteiger partial charge in [0.15, 0.2) is 0 Å². The van der Waals surface area contributed by atoms with Crippen LogP contribution in [0.15, 0.2) is 84.9 Å². The van der Waals surface area contributed by atoms with E-state index in [2.05, 4.69) is 41.7 Å². The number of hydrogen-bond acceptors (Lipinski definition) is 2. The first-order chi connectivity index (χ1) is 14.6. The summed E-state index contributed by atoms with van der Waals surface area (Å²) in [4.78, 5) is 24.4. The van der Waals surface area contributed by atoms with Crippen molar-refractivity contribution in [3.63, 3.8) is 0 Å². The van der Waals surface area contributed by atoms with Crippen LogP contribution in [-0.2, 0) is 11.2 Å². The van der Waals surface area contributed by atoms with Gasteiger partial charge in [-0.2, -0.15) is 0 Å². The molecule has 0 saturated carbocycles. The standard InChI is InChI=1S/C26H19NO3/c28-25(19-5-2-1-3-6-19)27-22(26(29)30)15-20-12-11-18-10-9-16-7-4-8-17-13-14-21(20)24(18)23(16)17/h1-14,22H,15H2,(H,27,28)(H,29,30). The van der Waals surface area contributed by atoms with Crippen LogP contribution in [0.4, 0.5) is 0 Å². The molecule has 0 saturated heterocycles. The molecule has 2 N–H and O–H groups in total. The maximum atomic E-state index is 12.5. The van der Waals surface area contributed by atoms with Gasteiger partial charge in [-0.15, -0.1) is 0 Å². The maximum Gasteiger partial charge on any atom is 0.326 e. The Kier molecular flexibility index (Phi) is 4.32. The number of carbonyl (C=O) groups excluding carboxylic acids is 1. The fraction of sp³-hybridized carbons (Fsp3) is 0.0769. The SMILES string of the molecule is O=C(NC(Cc1ccc2ccc3cccc4ccc1c2c34)C(=O)O)c1ccccc1. The molecular formula is C26H19NO3. The number of hydrogen-bond donors (Lipinski definition) is 2. The average molecular weight is 393 g/mol. The zero-order valence-corrected chi connectivity index (χ0v) is 16.1. The van der Waals surface area contributed by atoms with Gasteiger partial charge in [0.2, 0.25) is 0 Å². The van der Waals surface area contributed by atoms with Crippen molar-refractivity contribution >= 4 is 44.2 Å². The first-order valence-corrected chi connectivity index (χ1v) is 9.86. The van der Waals surface area contributed by atoms with E-state index in [1.165, 1.54) is 5.39 Å². The Hall–Kier alpha value is -3.92. The van der Waals surface area contributed by atoms with Gasteiger partial charge in [-0.25, -0.2) is 4.79 Å². The van der Waals surface area contributed by atoms with Crippen LogP contribution in [0.2, 0.25) is 0 Å². The van der Waals surface area contributed by atoms with E-state index in [1.807, 2.05) is 24.3 Å². The summed E-state index contributed by atoms with van der Waals surface area (Å²) in [5.74, 6) is -1.44. The van der Waals surface area contributed by atoms with Crippen LogP contribution in [0, 0.1) is 0 Å². The molecule has 1 amide bonds. The number of carboxylic acids is 1. The summed E-state index contributed by atoms with van der Waals surface area (Å²) in [5, 5.41) is 19.2. The molecular weight excluding hydrogens is 374 g/mol. The van der Waals surface area contributed by atoms with E-state index in [9.17, 15) is 14.7 Å². The van der Waals surface area contributed by atoms with Gasteiger partial charge in [0.25, 0.3) is 5.91 Å². The second-order valence-corrected chi connectivity index (χ2v) is 7.52. The lowest BCUT2D eigenvalue weighted by atomic mass is 9.90. The maximum absolute atomic E-state index is 12.5. The summed E-state index contributed by atoms with van der Waals surface area (Å²) < 4.78 is 0. The van der Waals surface area contributed by atoms with Gasteiger partial charge in [-0.05, 0) is 50.0 Å². The molecule has 0 heterocycles. The Morgan fingerprint density at radius 3 is 2.07 bits per heavy atom. The van der Waals surface area contributed by atoms with E-state index in [0.717, 1.165) is 32.5 Å². The summed E-state index contributed by atoms with van der Waals surface area (Å²) in [6, 6.07) is 26.2. The number of carboxylic acid groups (broad SMARTS) is 1. The summed E-state index contributed by atoms with van der Waals surface area (Å²) >= 11 is 0. The molecule has 30 heavy (non-hydrogen) atoms. The van der Waals surface area contributed by atoms with Gasteiger partial charge in [0, 0.05) is 12.0 Å². The van der Waals surface area contributed by atoms with Crippen LogP contribution in [0.1, 0.15) is 15.9 Å². The minimum Gasteiger partial charge on any atom is -0.480 e. The Morgan fingerprint density at radius 2 is 1.37 bits per heavy atom. The molecule has 0 aromatic heterocycles. The van der Waals surface area contributed by atoms with E-state index >= 15 is 0 Å². The van der Waals surface area contributed by atoms with Crippen LogP contribution in [0.3, 0.4) is 0 Å². The van der Waals surface area contributed by atoms with Crippen molar-refractivity contribution in [3.05, 3.63) is 96.1 Å². The lowest BCUT2D eigenvalue weighted by molar-refractivity contribution is -0.139. The monoisotopic (exact) mass is 393 g/mol. The molecule has 1 unspecified atom stereocenters. The van der Waals surface area contributed by atoms with E-state index in [0.29, 0.717) is 5.56 Å². The molecule has 5 aromatic rings. The fourth-order valence-corrected chi connectivity index (χ4v) is 4.22. The Morgan fingerprint density at radius 1 is 0.733 bits per heavy atom. The lowest BCUT2D eigenvalue weighted by Gasteiger charge is -2.18. The van der Waals surface area contributed by atoms with Crippen molar-refractivity contribution < 1.29 is 14.7 Å². The molecule has 146 valence electrons. The highest BCUT2D eigenvalue weighted by molar-refractivity contribution is 6.23. The van der Waals surface area contributed by atoms with Crippen LogP contribution < -0.4 is 5.32 Å². The Bertz CT molecular complexity index is 1380. The van der Waals surface area contributed by atoms with Crippen LogP contribution >= 0.6 is 0 Å². The highest BCUT2D eigenvalue weighted by atomic mass is 16.4. The summed E-state index contributed by atoms with van der Waals surface area (Å²) in [7, 11) is 0. The van der Waals surface area contributed by atoms with E-state index in [1.54, 1.807) is 24.3 Å². The third-order valence-electron chi connectivity index (χ3n) is 5.68. The summed E-state index contributed by atoms with van der Waals surface area (Å²) in [6.07, 6.45) is 0.210. The van der Waals surface area contributed by atoms with E-state index < -0.39 is 12.0 Å². The van der Waals surface area contributed by atoms with Gasteiger partial charge in [-0.1, -0.05) is 72.8 Å². The quantitative estimate of drug-likeness (QED) is 0.413. The van der Waals surface area contributed by atoms with Crippen molar-refractivity contribution in [3.8, 4) is 0 Å². The second-order valence-electron chi connectivity index (χ2n) is 7.52. The molecule has 4 heteroatoms. The zero-order chi connectivity index (χ0) is 20.7. The number of rotatable bonds is 5. The lowest BCUT2D eigenvalue weighted by Crippen LogP contribution is -2.42. The highest BCUT2D eigenvalue weighted by Gasteiger charge is 2.22. The van der Waals surface area contributed by atoms with Crippen molar-refractivity contribution in [2.45, 2.75) is 12.5 Å². The van der Waals surface area contributed by atoms with Crippen LogP contribution in [0.25, 0.3) is 32.3 Å². The predicted octanol–water partition coefficient (Wildman–Crippen LogP) is 5.01. The molecule has 0 spiro atoms. The van der Waals surface area contributed by atoms with Crippen molar-refractivity contribution in [2.75, 3.05) is 0 Å². The number of aliphatic carboxylic acids is 1. The van der Waals surface area contributed by atoms with Gasteiger partial charge in [0.1, 0.15) is 6.04 Å². The van der Waals surface area contributed by atoms with Gasteiger partial charge in [0.05, 0.1) is 0 Å². The summed E-state index contributed by atoms with van der Waals surface area (Å²) in [5.41, 5.74) is 1.35. The van der Waals surface area contributed by atoms with Gasteiger partial charge >= 0.3 is 5.97 Å². The molecule has 0 radical (unpaired) electrons. The molecule has 1 atom stereocenters. The normalized spacial score (nSPS) is 12.4. The molecule has 5 rings (SSSR count). The minimum absolute atomic E-state index is 0.210. The van der Waals surface area contributed by atoms with E-state index in [-0.39, 0.29) is 12.3 Å². The number of benzene rings is 5. The third-order valence-corrected chi connectivity index (χ3v) is 5.68. The first-order valence-electron chi connectivity index (χ1n) is 9.86. The second kappa shape index (κ2) is 7.16. The van der Waals surface area contributed by atoms with Crippen molar-refractivity contribution in [1.82, 2.24) is 5.32 Å². The largest absolute Gasteiger partial charge is 0.480 e. The van der Waals surface area contributed by atoms with E-state index in [4.69, 9.17) is 0 Å². The molecule has 0 bridgehead atoms. The molecule has 0 aliphatic carbocycles. The third kappa shape index (κ3) is 3.03. The first kappa shape index (κ1) is 18.1.